The van der Waals surface area contributed by atoms with Gasteiger partial charge in [0.25, 0.3) is 5.91 Å². The number of amides is 1. The SMILES string of the molecule is Cc1cccc(C(=O)NCC2(CO)CCOCC2)n1. The monoisotopic (exact) mass is 264 g/mol. The summed E-state index contributed by atoms with van der Waals surface area (Å²) in [7, 11) is 0. The van der Waals surface area contributed by atoms with Gasteiger partial charge in [0.1, 0.15) is 5.69 Å². The van der Waals surface area contributed by atoms with E-state index in [1.54, 1.807) is 6.07 Å². The number of hydrogen-bond acceptors (Lipinski definition) is 4. The highest BCUT2D eigenvalue weighted by Gasteiger charge is 2.32. The predicted molar refractivity (Wildman–Crippen MR) is 70.9 cm³/mol. The Morgan fingerprint density at radius 3 is 2.84 bits per heavy atom. The summed E-state index contributed by atoms with van der Waals surface area (Å²) in [5.41, 5.74) is 0.980. The average Bonchev–Trinajstić information content (AvgIpc) is 2.46. The second-order valence-electron chi connectivity index (χ2n) is 5.12. The van der Waals surface area contributed by atoms with E-state index in [-0.39, 0.29) is 17.9 Å². The van der Waals surface area contributed by atoms with Crippen molar-refractivity contribution in [1.82, 2.24) is 10.3 Å². The smallest absolute Gasteiger partial charge is 0.269 e. The van der Waals surface area contributed by atoms with Crippen molar-refractivity contribution < 1.29 is 14.6 Å². The molecule has 1 aromatic rings. The van der Waals surface area contributed by atoms with E-state index < -0.39 is 0 Å². The summed E-state index contributed by atoms with van der Waals surface area (Å²) >= 11 is 0. The number of ether oxygens (including phenoxy) is 1. The van der Waals surface area contributed by atoms with Gasteiger partial charge < -0.3 is 15.2 Å². The van der Waals surface area contributed by atoms with E-state index in [1.807, 2.05) is 19.1 Å². The lowest BCUT2D eigenvalue weighted by atomic mass is 9.81. The van der Waals surface area contributed by atoms with Crippen molar-refractivity contribution >= 4 is 5.91 Å². The number of rotatable bonds is 4. The van der Waals surface area contributed by atoms with Crippen LogP contribution in [-0.2, 0) is 4.74 Å². The maximum Gasteiger partial charge on any atom is 0.269 e. The predicted octanol–water partition coefficient (Wildman–Crippen LogP) is 0.909. The summed E-state index contributed by atoms with van der Waals surface area (Å²) in [5, 5.41) is 12.4. The van der Waals surface area contributed by atoms with Gasteiger partial charge in [-0.3, -0.25) is 4.79 Å². The third kappa shape index (κ3) is 3.52. The van der Waals surface area contributed by atoms with Crippen molar-refractivity contribution in [3.63, 3.8) is 0 Å². The third-order valence-electron chi connectivity index (χ3n) is 3.63. The van der Waals surface area contributed by atoms with Gasteiger partial charge in [-0.05, 0) is 31.9 Å². The standard InChI is InChI=1S/C14H20N2O3/c1-11-3-2-4-12(16-11)13(18)15-9-14(10-17)5-7-19-8-6-14/h2-4,17H,5-10H2,1H3,(H,15,18). The first kappa shape index (κ1) is 14.0. The molecular formula is C14H20N2O3. The molecule has 0 unspecified atom stereocenters. The molecule has 1 aliphatic rings. The maximum absolute atomic E-state index is 12.0. The molecule has 1 fully saturated rings. The van der Waals surface area contributed by atoms with Crippen LogP contribution in [0.3, 0.4) is 0 Å². The van der Waals surface area contributed by atoms with Crippen LogP contribution < -0.4 is 5.32 Å². The normalized spacial score (nSPS) is 18.0. The van der Waals surface area contributed by atoms with Crippen LogP contribution in [0, 0.1) is 12.3 Å². The Bertz CT molecular complexity index is 442. The van der Waals surface area contributed by atoms with E-state index in [4.69, 9.17) is 4.74 Å². The minimum absolute atomic E-state index is 0.0673. The number of aryl methyl sites for hydroxylation is 1. The second-order valence-corrected chi connectivity index (χ2v) is 5.12. The van der Waals surface area contributed by atoms with Crippen molar-refractivity contribution in [3.8, 4) is 0 Å². The van der Waals surface area contributed by atoms with Crippen LogP contribution in [0.25, 0.3) is 0 Å². The fourth-order valence-corrected chi connectivity index (χ4v) is 2.22. The van der Waals surface area contributed by atoms with Gasteiger partial charge in [0.05, 0.1) is 6.61 Å². The van der Waals surface area contributed by atoms with Gasteiger partial charge in [0.15, 0.2) is 0 Å². The van der Waals surface area contributed by atoms with Crippen molar-refractivity contribution in [2.45, 2.75) is 19.8 Å². The molecule has 5 nitrogen and oxygen atoms in total. The third-order valence-corrected chi connectivity index (χ3v) is 3.63. The minimum atomic E-state index is -0.252. The summed E-state index contributed by atoms with van der Waals surface area (Å²) in [4.78, 5) is 16.2. The molecule has 0 bridgehead atoms. The lowest BCUT2D eigenvalue weighted by Crippen LogP contribution is -2.43. The Labute approximate surface area is 113 Å². The lowest BCUT2D eigenvalue weighted by Gasteiger charge is -2.35. The molecule has 1 saturated heterocycles. The molecule has 0 atom stereocenters. The number of pyridine rings is 1. The molecule has 0 aliphatic carbocycles. The molecule has 1 amide bonds. The van der Waals surface area contributed by atoms with Gasteiger partial charge in [-0.1, -0.05) is 6.07 Å². The van der Waals surface area contributed by atoms with E-state index in [2.05, 4.69) is 10.3 Å². The number of carbonyl (C=O) groups excluding carboxylic acids is 1. The highest BCUT2D eigenvalue weighted by molar-refractivity contribution is 5.92. The summed E-state index contributed by atoms with van der Waals surface area (Å²) in [6.45, 7) is 3.65. The zero-order valence-corrected chi connectivity index (χ0v) is 11.2. The molecule has 0 saturated carbocycles. The number of aliphatic hydroxyl groups is 1. The summed E-state index contributed by atoms with van der Waals surface area (Å²) in [6, 6.07) is 5.36. The van der Waals surface area contributed by atoms with Gasteiger partial charge in [-0.25, -0.2) is 4.98 Å². The lowest BCUT2D eigenvalue weighted by molar-refractivity contribution is -0.0146. The van der Waals surface area contributed by atoms with Crippen LogP contribution >= 0.6 is 0 Å². The van der Waals surface area contributed by atoms with Gasteiger partial charge in [-0.2, -0.15) is 0 Å². The molecule has 5 heteroatoms. The van der Waals surface area contributed by atoms with Crippen molar-refractivity contribution in [2.24, 2.45) is 5.41 Å². The fourth-order valence-electron chi connectivity index (χ4n) is 2.22. The molecule has 0 aromatic carbocycles. The average molecular weight is 264 g/mol. The Balaban J connectivity index is 1.95. The Morgan fingerprint density at radius 2 is 2.21 bits per heavy atom. The van der Waals surface area contributed by atoms with Crippen LogP contribution in [0.1, 0.15) is 29.0 Å². The zero-order chi connectivity index (χ0) is 13.7. The van der Waals surface area contributed by atoms with Crippen molar-refractivity contribution in [3.05, 3.63) is 29.6 Å². The molecule has 1 aliphatic heterocycles. The molecule has 2 rings (SSSR count). The number of nitrogens with one attached hydrogen (secondary N) is 1. The molecule has 0 radical (unpaired) electrons. The molecular weight excluding hydrogens is 244 g/mol. The molecule has 2 N–H and O–H groups in total. The topological polar surface area (TPSA) is 71.5 Å². The van der Waals surface area contributed by atoms with Crippen molar-refractivity contribution in [2.75, 3.05) is 26.4 Å². The fraction of sp³-hybridized carbons (Fsp3) is 0.571. The highest BCUT2D eigenvalue weighted by atomic mass is 16.5. The first-order valence-electron chi connectivity index (χ1n) is 6.56. The van der Waals surface area contributed by atoms with E-state index in [9.17, 15) is 9.90 Å². The van der Waals surface area contributed by atoms with E-state index in [0.717, 1.165) is 18.5 Å². The number of carbonyl (C=O) groups is 1. The number of nitrogens with zero attached hydrogens (tertiary/aromatic N) is 1. The Hall–Kier alpha value is -1.46. The van der Waals surface area contributed by atoms with Crippen LogP contribution in [-0.4, -0.2) is 42.4 Å². The zero-order valence-electron chi connectivity index (χ0n) is 11.2. The van der Waals surface area contributed by atoms with Gasteiger partial charge in [0, 0.05) is 30.9 Å². The number of aliphatic hydroxyl groups excluding tert-OH is 1. The minimum Gasteiger partial charge on any atom is -0.396 e. The summed E-state index contributed by atoms with van der Waals surface area (Å²) < 4.78 is 5.30. The Morgan fingerprint density at radius 1 is 1.47 bits per heavy atom. The highest BCUT2D eigenvalue weighted by Crippen LogP contribution is 2.28. The first-order chi connectivity index (χ1) is 9.15. The molecule has 2 heterocycles. The van der Waals surface area contributed by atoms with Crippen LogP contribution in [0.4, 0.5) is 0 Å². The van der Waals surface area contributed by atoms with Crippen molar-refractivity contribution in [1.29, 1.82) is 0 Å². The molecule has 104 valence electrons. The van der Waals surface area contributed by atoms with Crippen LogP contribution in [0.2, 0.25) is 0 Å². The molecule has 1 aromatic heterocycles. The number of aromatic nitrogens is 1. The summed E-state index contributed by atoms with van der Waals surface area (Å²) in [5.74, 6) is -0.192. The van der Waals surface area contributed by atoms with Gasteiger partial charge >= 0.3 is 0 Å². The first-order valence-corrected chi connectivity index (χ1v) is 6.56. The summed E-state index contributed by atoms with van der Waals surface area (Å²) in [6.07, 6.45) is 1.54. The Kier molecular flexibility index (Phi) is 4.50. The molecule has 19 heavy (non-hydrogen) atoms. The van der Waals surface area contributed by atoms with E-state index >= 15 is 0 Å². The largest absolute Gasteiger partial charge is 0.396 e. The van der Waals surface area contributed by atoms with E-state index in [1.165, 1.54) is 0 Å². The van der Waals surface area contributed by atoms with Gasteiger partial charge in [-0.15, -0.1) is 0 Å². The van der Waals surface area contributed by atoms with Crippen LogP contribution in [0.15, 0.2) is 18.2 Å². The number of hydrogen-bond donors (Lipinski definition) is 2. The molecule has 0 spiro atoms. The van der Waals surface area contributed by atoms with E-state index in [0.29, 0.717) is 25.5 Å². The maximum atomic E-state index is 12.0. The van der Waals surface area contributed by atoms with Crippen LogP contribution in [0.5, 0.6) is 0 Å². The second kappa shape index (κ2) is 6.12. The van der Waals surface area contributed by atoms with Gasteiger partial charge in [0.2, 0.25) is 0 Å². The quantitative estimate of drug-likeness (QED) is 0.848.